The quantitative estimate of drug-likeness (QED) is 0.122. The van der Waals surface area contributed by atoms with E-state index in [1.165, 1.54) is 190 Å². The fourth-order valence-electron chi connectivity index (χ4n) is 13.8. The van der Waals surface area contributed by atoms with Gasteiger partial charge in [0, 0.05) is 48.1 Å². The molecule has 8 aromatic rings. The van der Waals surface area contributed by atoms with Gasteiger partial charge >= 0.3 is 0 Å². The molecule has 12 rings (SSSR count). The van der Waals surface area contributed by atoms with Crippen LogP contribution in [0, 0.1) is 0 Å². The molecule has 4 aliphatic carbocycles. The van der Waals surface area contributed by atoms with Crippen LogP contribution in [0.5, 0.6) is 0 Å². The van der Waals surface area contributed by atoms with Crippen LogP contribution in [-0.4, -0.2) is 21.2 Å². The van der Waals surface area contributed by atoms with Crippen molar-refractivity contribution < 1.29 is 0 Å². The van der Waals surface area contributed by atoms with Crippen molar-refractivity contribution in [3.8, 4) is 56.3 Å². The fraction of sp³-hybridized carbons (Fsp3) is 0.368. The van der Waals surface area contributed by atoms with E-state index in [9.17, 15) is 0 Å². The molecule has 0 radical (unpaired) electrons. The standard InChI is InChI=1S/C68H74N4/c1-70(59-37-20-35-55(43-59)65-39-22-41-71(65)66-61(51-27-12-4-13-28-51)45-57(49-23-8-2-9-24-49)46-62(66)52-29-14-5-15-30-52)60-38-21-36-56(44-60)68-69-40-42-72(68)67-63(53-31-16-6-17-32-53)47-58(50-25-10-3-11-26-50)48-64(67)54-33-18-7-19-34-54/h2-3,8-11,20-26,35-48,51-54H,4-7,12-19,27-34H2,1H3. The molecule has 0 saturated heterocycles. The van der Waals surface area contributed by atoms with Crippen molar-refractivity contribution in [2.75, 3.05) is 11.9 Å². The van der Waals surface area contributed by atoms with Crippen LogP contribution in [0.4, 0.5) is 11.4 Å². The Bertz CT molecular complexity index is 2790. The highest BCUT2D eigenvalue weighted by molar-refractivity contribution is 5.77. The lowest BCUT2D eigenvalue weighted by Crippen LogP contribution is -2.15. The Kier molecular flexibility index (Phi) is 13.8. The summed E-state index contributed by atoms with van der Waals surface area (Å²) in [5, 5.41) is 0. The van der Waals surface area contributed by atoms with Gasteiger partial charge in [0.1, 0.15) is 5.82 Å². The van der Waals surface area contributed by atoms with E-state index in [0.29, 0.717) is 23.7 Å². The van der Waals surface area contributed by atoms with Gasteiger partial charge in [-0.3, -0.25) is 4.57 Å². The largest absolute Gasteiger partial charge is 0.345 e. The molecule has 72 heavy (non-hydrogen) atoms. The van der Waals surface area contributed by atoms with E-state index in [2.05, 4.69) is 179 Å². The summed E-state index contributed by atoms with van der Waals surface area (Å²) in [4.78, 5) is 7.59. The van der Waals surface area contributed by atoms with Crippen molar-refractivity contribution in [1.82, 2.24) is 14.1 Å². The summed E-state index contributed by atoms with van der Waals surface area (Å²) in [5.41, 5.74) is 20.4. The Balaban J connectivity index is 0.919. The van der Waals surface area contributed by atoms with Crippen LogP contribution in [0.1, 0.15) is 174 Å². The van der Waals surface area contributed by atoms with Crippen LogP contribution in [0.2, 0.25) is 0 Å². The fourth-order valence-corrected chi connectivity index (χ4v) is 13.8. The molecule has 4 fully saturated rings. The van der Waals surface area contributed by atoms with E-state index >= 15 is 0 Å². The molecule has 2 aromatic heterocycles. The van der Waals surface area contributed by atoms with Gasteiger partial charge in [-0.1, -0.05) is 162 Å². The lowest BCUT2D eigenvalue weighted by atomic mass is 9.77. The maximum absolute atomic E-state index is 5.22. The second-order valence-electron chi connectivity index (χ2n) is 22.1. The number of anilines is 2. The molecule has 4 aliphatic rings. The normalized spacial score (nSPS) is 17.6. The highest BCUT2D eigenvalue weighted by Crippen LogP contribution is 2.48. The second-order valence-corrected chi connectivity index (χ2v) is 22.1. The van der Waals surface area contributed by atoms with E-state index < -0.39 is 0 Å². The lowest BCUT2D eigenvalue weighted by molar-refractivity contribution is 0.434. The molecular weight excluding hydrogens is 873 g/mol. The first-order valence-electron chi connectivity index (χ1n) is 28.3. The topological polar surface area (TPSA) is 26.0 Å². The van der Waals surface area contributed by atoms with Gasteiger partial charge in [0.2, 0.25) is 0 Å². The number of aromatic nitrogens is 3. The summed E-state index contributed by atoms with van der Waals surface area (Å²) in [5.74, 6) is 3.27. The van der Waals surface area contributed by atoms with Crippen LogP contribution in [0.25, 0.3) is 56.3 Å². The highest BCUT2D eigenvalue weighted by atomic mass is 15.1. The molecule has 0 amide bonds. The van der Waals surface area contributed by atoms with Crippen molar-refractivity contribution in [3.63, 3.8) is 0 Å². The Hall–Kier alpha value is -6.39. The minimum atomic E-state index is 0.548. The first-order chi connectivity index (χ1) is 35.6. The van der Waals surface area contributed by atoms with Crippen molar-refractivity contribution in [2.45, 2.75) is 152 Å². The average Bonchev–Trinajstić information content (AvgIpc) is 4.17. The lowest BCUT2D eigenvalue weighted by Gasteiger charge is -2.32. The molecule has 0 atom stereocenters. The van der Waals surface area contributed by atoms with Crippen molar-refractivity contribution in [1.29, 1.82) is 0 Å². The molecule has 6 aromatic carbocycles. The molecule has 0 spiro atoms. The molecule has 0 bridgehead atoms. The van der Waals surface area contributed by atoms with Gasteiger partial charge in [-0.25, -0.2) is 4.98 Å². The Morgan fingerprint density at radius 1 is 0.361 bits per heavy atom. The molecule has 0 N–H and O–H groups in total. The third-order valence-electron chi connectivity index (χ3n) is 17.6. The van der Waals surface area contributed by atoms with Crippen molar-refractivity contribution in [3.05, 3.63) is 186 Å². The summed E-state index contributed by atoms with van der Waals surface area (Å²) in [6.07, 6.45) is 32.7. The summed E-state index contributed by atoms with van der Waals surface area (Å²) in [6.45, 7) is 0. The number of benzene rings is 6. The van der Waals surface area contributed by atoms with Gasteiger partial charge in [-0.15, -0.1) is 0 Å². The first kappa shape index (κ1) is 46.7. The van der Waals surface area contributed by atoms with Crippen LogP contribution in [0.15, 0.2) is 164 Å². The Labute approximate surface area is 430 Å². The number of nitrogens with zero attached hydrogens (tertiary/aromatic N) is 4. The highest BCUT2D eigenvalue weighted by Gasteiger charge is 2.30. The maximum Gasteiger partial charge on any atom is 0.144 e. The molecule has 4 saturated carbocycles. The molecule has 4 nitrogen and oxygen atoms in total. The monoisotopic (exact) mass is 947 g/mol. The van der Waals surface area contributed by atoms with Gasteiger partial charge in [-0.2, -0.15) is 0 Å². The van der Waals surface area contributed by atoms with E-state index in [1.807, 2.05) is 6.20 Å². The van der Waals surface area contributed by atoms with E-state index in [-0.39, 0.29) is 0 Å². The van der Waals surface area contributed by atoms with Crippen molar-refractivity contribution >= 4 is 11.4 Å². The summed E-state index contributed by atoms with van der Waals surface area (Å²) < 4.78 is 5.09. The molecule has 0 unspecified atom stereocenters. The average molecular weight is 947 g/mol. The Morgan fingerprint density at radius 3 is 1.22 bits per heavy atom. The van der Waals surface area contributed by atoms with E-state index in [0.717, 1.165) is 17.1 Å². The zero-order chi connectivity index (χ0) is 48.2. The summed E-state index contributed by atoms with van der Waals surface area (Å²) >= 11 is 0. The third kappa shape index (κ3) is 9.55. The van der Waals surface area contributed by atoms with Crippen LogP contribution in [0.3, 0.4) is 0 Å². The van der Waals surface area contributed by atoms with Crippen LogP contribution in [-0.2, 0) is 0 Å². The number of imidazole rings is 1. The zero-order valence-corrected chi connectivity index (χ0v) is 42.8. The minimum absolute atomic E-state index is 0.548. The molecule has 0 aliphatic heterocycles. The van der Waals surface area contributed by atoms with Gasteiger partial charge < -0.3 is 9.47 Å². The number of rotatable bonds is 12. The zero-order valence-electron chi connectivity index (χ0n) is 42.8. The predicted octanol–water partition coefficient (Wildman–Crippen LogP) is 19.3. The van der Waals surface area contributed by atoms with Crippen molar-refractivity contribution in [2.24, 2.45) is 0 Å². The third-order valence-corrected chi connectivity index (χ3v) is 17.6. The van der Waals surface area contributed by atoms with Crippen LogP contribution >= 0.6 is 0 Å². The summed E-state index contributed by atoms with van der Waals surface area (Å²) in [6, 6.07) is 55.7. The van der Waals surface area contributed by atoms with Gasteiger partial charge in [0.05, 0.1) is 17.1 Å². The van der Waals surface area contributed by atoms with Gasteiger partial charge in [0.25, 0.3) is 0 Å². The Morgan fingerprint density at radius 2 is 0.764 bits per heavy atom. The smallest absolute Gasteiger partial charge is 0.144 e. The van der Waals surface area contributed by atoms with Crippen LogP contribution < -0.4 is 4.90 Å². The van der Waals surface area contributed by atoms with E-state index in [1.54, 1.807) is 11.1 Å². The summed E-state index contributed by atoms with van der Waals surface area (Å²) in [7, 11) is 2.24. The first-order valence-corrected chi connectivity index (χ1v) is 28.3. The van der Waals surface area contributed by atoms with Gasteiger partial charge in [0.15, 0.2) is 0 Å². The van der Waals surface area contributed by atoms with E-state index in [4.69, 9.17) is 4.98 Å². The number of hydrogen-bond donors (Lipinski definition) is 0. The number of hydrogen-bond acceptors (Lipinski definition) is 2. The molecule has 2 heterocycles. The minimum Gasteiger partial charge on any atom is -0.345 e. The molecule has 366 valence electrons. The molecular formula is C68H74N4. The SMILES string of the molecule is CN(c1cccc(-c2cccn2-c2c(C3CCCCC3)cc(-c3ccccc3)cc2C2CCCCC2)c1)c1cccc(-c2nccn2-c2c(C3CCCCC3)cc(-c3ccccc3)cc2C2CCCCC2)c1. The predicted molar refractivity (Wildman–Crippen MR) is 302 cm³/mol. The second kappa shape index (κ2) is 21.4. The van der Waals surface area contributed by atoms with Gasteiger partial charge in [-0.05, 0) is 180 Å². The maximum atomic E-state index is 5.22. The molecule has 4 heteroatoms.